The van der Waals surface area contributed by atoms with E-state index in [9.17, 15) is 18.0 Å². The van der Waals surface area contributed by atoms with Gasteiger partial charge in [0.05, 0.1) is 30.9 Å². The minimum absolute atomic E-state index is 0.0662. The summed E-state index contributed by atoms with van der Waals surface area (Å²) in [6.07, 6.45) is 8.25. The maximum absolute atomic E-state index is 12.3. The van der Waals surface area contributed by atoms with Crippen LogP contribution in [0.4, 0.5) is 4.79 Å². The zero-order chi connectivity index (χ0) is 20.7. The van der Waals surface area contributed by atoms with Crippen molar-refractivity contribution in [3.63, 3.8) is 0 Å². The van der Waals surface area contributed by atoms with Gasteiger partial charge >= 0.3 is 6.09 Å². The lowest BCUT2D eigenvalue weighted by Crippen LogP contribution is -2.37. The van der Waals surface area contributed by atoms with Gasteiger partial charge < -0.3 is 19.9 Å². The molecule has 2 heterocycles. The van der Waals surface area contributed by atoms with E-state index in [4.69, 9.17) is 14.7 Å². The van der Waals surface area contributed by atoms with E-state index in [1.165, 1.54) is 23.1 Å². The van der Waals surface area contributed by atoms with Crippen LogP contribution in [-0.2, 0) is 30.4 Å². The molecule has 1 saturated heterocycles. The number of imidazole rings is 1. The summed E-state index contributed by atoms with van der Waals surface area (Å²) in [5.41, 5.74) is 5.63. The highest BCUT2D eigenvalue weighted by Crippen LogP contribution is 2.25. The Morgan fingerprint density at radius 3 is 2.86 bits per heavy atom. The Balaban J connectivity index is 2.01. The average Bonchev–Trinajstić information content (AvgIpc) is 3.21. The first-order chi connectivity index (χ1) is 13.2. The second-order valence-electron chi connectivity index (χ2n) is 6.39. The molecule has 1 aliphatic heterocycles. The number of aromatic nitrogens is 2. The van der Waals surface area contributed by atoms with Crippen LogP contribution in [0.25, 0.3) is 6.08 Å². The maximum atomic E-state index is 12.3. The first-order valence-electron chi connectivity index (χ1n) is 8.59. The van der Waals surface area contributed by atoms with E-state index >= 15 is 0 Å². The van der Waals surface area contributed by atoms with E-state index in [-0.39, 0.29) is 19.2 Å². The highest BCUT2D eigenvalue weighted by molar-refractivity contribution is 7.86. The summed E-state index contributed by atoms with van der Waals surface area (Å²) in [4.78, 5) is 28.7. The lowest BCUT2D eigenvalue weighted by Gasteiger charge is -2.23. The maximum Gasteiger partial charge on any atom is 0.410 e. The minimum atomic E-state index is -3.63. The molecule has 2 atom stereocenters. The van der Waals surface area contributed by atoms with Crippen LogP contribution in [0.2, 0.25) is 0 Å². The molecule has 1 fully saturated rings. The molecule has 0 aliphatic carbocycles. The summed E-state index contributed by atoms with van der Waals surface area (Å²) in [5.74, 6) is -0.564. The SMILES string of the molecule is C=CCOC(=O)N1C[C@H](OS(C)(=O)=O)C[C@H]1CCn1cnc(C=CC(N)=O)c1. The summed E-state index contributed by atoms with van der Waals surface area (Å²) in [6.45, 7) is 4.22. The third kappa shape index (κ3) is 6.82. The van der Waals surface area contributed by atoms with Gasteiger partial charge in [-0.25, -0.2) is 9.78 Å². The molecule has 0 bridgehead atoms. The number of rotatable bonds is 9. The number of likely N-dealkylation sites (tertiary alicyclic amines) is 1. The van der Waals surface area contributed by atoms with Crippen LogP contribution in [0.1, 0.15) is 18.5 Å². The van der Waals surface area contributed by atoms with Gasteiger partial charge in [-0.2, -0.15) is 8.42 Å². The van der Waals surface area contributed by atoms with Gasteiger partial charge in [-0.1, -0.05) is 12.7 Å². The van der Waals surface area contributed by atoms with Crippen LogP contribution in [0.3, 0.4) is 0 Å². The molecule has 0 unspecified atom stereocenters. The van der Waals surface area contributed by atoms with E-state index in [0.717, 1.165) is 6.26 Å². The fourth-order valence-corrected chi connectivity index (χ4v) is 3.59. The lowest BCUT2D eigenvalue weighted by molar-refractivity contribution is -0.113. The van der Waals surface area contributed by atoms with Crippen molar-refractivity contribution >= 4 is 28.2 Å². The number of carbonyl (C=O) groups is 2. The molecule has 0 aromatic carbocycles. The number of hydrogen-bond donors (Lipinski definition) is 1. The molecule has 154 valence electrons. The highest BCUT2D eigenvalue weighted by Gasteiger charge is 2.38. The van der Waals surface area contributed by atoms with Crippen LogP contribution < -0.4 is 5.73 Å². The van der Waals surface area contributed by atoms with Crippen molar-refractivity contribution < 1.29 is 26.9 Å². The third-order valence-electron chi connectivity index (χ3n) is 4.04. The second kappa shape index (κ2) is 9.51. The van der Waals surface area contributed by atoms with Gasteiger partial charge in [-0.15, -0.1) is 0 Å². The van der Waals surface area contributed by atoms with E-state index in [1.54, 1.807) is 17.1 Å². The smallest absolute Gasteiger partial charge is 0.410 e. The van der Waals surface area contributed by atoms with Crippen LogP contribution in [0.5, 0.6) is 0 Å². The quantitative estimate of drug-likeness (QED) is 0.355. The second-order valence-corrected chi connectivity index (χ2v) is 7.99. The van der Waals surface area contributed by atoms with E-state index in [1.807, 2.05) is 0 Å². The molecular formula is C17H24N4O6S. The van der Waals surface area contributed by atoms with Gasteiger partial charge in [-0.3, -0.25) is 8.98 Å². The highest BCUT2D eigenvalue weighted by atomic mass is 32.2. The molecule has 0 spiro atoms. The fraction of sp³-hybridized carbons (Fsp3) is 0.471. The van der Waals surface area contributed by atoms with Crippen molar-refractivity contribution in [3.05, 3.63) is 36.9 Å². The number of ether oxygens (including phenoxy) is 1. The Bertz CT molecular complexity index is 848. The normalized spacial score (nSPS) is 19.8. The Morgan fingerprint density at radius 2 is 2.21 bits per heavy atom. The molecule has 1 aromatic rings. The molecule has 11 heteroatoms. The number of nitrogens with zero attached hydrogens (tertiary/aromatic N) is 3. The summed E-state index contributed by atoms with van der Waals surface area (Å²) in [5, 5.41) is 0. The van der Waals surface area contributed by atoms with Crippen molar-refractivity contribution in [2.24, 2.45) is 5.73 Å². The van der Waals surface area contributed by atoms with Gasteiger partial charge in [0.1, 0.15) is 6.61 Å². The van der Waals surface area contributed by atoms with Gasteiger partial charge in [0.25, 0.3) is 10.1 Å². The van der Waals surface area contributed by atoms with Gasteiger partial charge in [-0.05, 0) is 18.9 Å². The fourth-order valence-electron chi connectivity index (χ4n) is 2.95. The molecule has 28 heavy (non-hydrogen) atoms. The van der Waals surface area contributed by atoms with Gasteiger partial charge in [0.2, 0.25) is 5.91 Å². The Morgan fingerprint density at radius 1 is 1.46 bits per heavy atom. The standard InChI is InChI=1S/C17H24N4O6S/c1-3-8-26-17(23)21-11-15(27-28(2,24)25)9-14(21)6-7-20-10-13(19-12-20)4-5-16(18)22/h3-5,10,12,14-15H,1,6-9,11H2,2H3,(H2,18,22)/t14-,15-/m1/s1. The van der Waals surface area contributed by atoms with Crippen molar-refractivity contribution in [2.45, 2.75) is 31.5 Å². The first kappa shape index (κ1) is 21.6. The number of carbonyl (C=O) groups excluding carboxylic acids is 2. The Kier molecular flexibility index (Phi) is 7.35. The zero-order valence-electron chi connectivity index (χ0n) is 15.6. The molecule has 2 amide bonds. The van der Waals surface area contributed by atoms with Crippen LogP contribution in [0.15, 0.2) is 31.3 Å². The summed E-state index contributed by atoms with van der Waals surface area (Å²) >= 11 is 0. The van der Waals surface area contributed by atoms with E-state index in [0.29, 0.717) is 25.1 Å². The first-order valence-corrected chi connectivity index (χ1v) is 10.4. The lowest BCUT2D eigenvalue weighted by atomic mass is 10.1. The largest absolute Gasteiger partial charge is 0.445 e. The summed E-state index contributed by atoms with van der Waals surface area (Å²) < 4.78 is 34.8. The van der Waals surface area contributed by atoms with Crippen LogP contribution in [0, 0.1) is 0 Å². The Labute approximate surface area is 163 Å². The predicted octanol–water partition coefficient (Wildman–Crippen LogP) is 0.513. The zero-order valence-corrected chi connectivity index (χ0v) is 16.4. The van der Waals surface area contributed by atoms with Crippen molar-refractivity contribution in [3.8, 4) is 0 Å². The van der Waals surface area contributed by atoms with E-state index < -0.39 is 28.2 Å². The molecule has 1 aromatic heterocycles. The monoisotopic (exact) mass is 412 g/mol. The minimum Gasteiger partial charge on any atom is -0.445 e. The van der Waals surface area contributed by atoms with Crippen LogP contribution >= 0.6 is 0 Å². The molecule has 1 aliphatic rings. The number of nitrogens with two attached hydrogens (primary N) is 1. The van der Waals surface area contributed by atoms with Crippen LogP contribution in [-0.4, -0.2) is 66.4 Å². The summed E-state index contributed by atoms with van der Waals surface area (Å²) in [6, 6.07) is -0.254. The predicted molar refractivity (Wildman–Crippen MR) is 101 cm³/mol. The van der Waals surface area contributed by atoms with E-state index in [2.05, 4.69) is 11.6 Å². The van der Waals surface area contributed by atoms with Crippen molar-refractivity contribution in [1.82, 2.24) is 14.5 Å². The molecule has 2 rings (SSSR count). The number of primary amides is 1. The molecule has 0 radical (unpaired) electrons. The third-order valence-corrected chi connectivity index (χ3v) is 4.66. The van der Waals surface area contributed by atoms with Gasteiger partial charge in [0.15, 0.2) is 0 Å². The van der Waals surface area contributed by atoms with Crippen molar-refractivity contribution in [2.75, 3.05) is 19.4 Å². The molecule has 2 N–H and O–H groups in total. The number of aryl methyl sites for hydroxylation is 1. The number of hydrogen-bond acceptors (Lipinski definition) is 7. The molecular weight excluding hydrogens is 388 g/mol. The molecule has 10 nitrogen and oxygen atoms in total. The number of amides is 2. The Hall–Kier alpha value is -2.66. The topological polar surface area (TPSA) is 134 Å². The molecule has 0 saturated carbocycles. The van der Waals surface area contributed by atoms with Gasteiger partial charge in [0, 0.05) is 24.9 Å². The summed E-state index contributed by atoms with van der Waals surface area (Å²) in [7, 11) is -3.63. The van der Waals surface area contributed by atoms with Crippen molar-refractivity contribution in [1.29, 1.82) is 0 Å². The average molecular weight is 412 g/mol.